The van der Waals surface area contributed by atoms with Gasteiger partial charge in [0, 0.05) is 35.1 Å². The van der Waals surface area contributed by atoms with Crippen molar-refractivity contribution in [2.24, 2.45) is 0 Å². The number of carbonyl (C=O) groups is 1. The molecule has 3 rings (SSSR count). The highest BCUT2D eigenvalue weighted by atomic mass is 16.3. The van der Waals surface area contributed by atoms with Gasteiger partial charge in [0.25, 0.3) is 0 Å². The molecule has 1 N–H and O–H groups in total. The predicted octanol–water partition coefficient (Wildman–Crippen LogP) is 2.70. The van der Waals surface area contributed by atoms with Gasteiger partial charge in [0.1, 0.15) is 12.0 Å². The third-order valence-corrected chi connectivity index (χ3v) is 2.72. The van der Waals surface area contributed by atoms with E-state index >= 15 is 0 Å². The van der Waals surface area contributed by atoms with Crippen LogP contribution in [-0.4, -0.2) is 15.8 Å². The first-order chi connectivity index (χ1) is 8.25. The molecule has 0 radical (unpaired) electrons. The summed E-state index contributed by atoms with van der Waals surface area (Å²) in [7, 11) is 0. The quantitative estimate of drug-likeness (QED) is 0.683. The van der Waals surface area contributed by atoms with Crippen molar-refractivity contribution in [3.63, 3.8) is 0 Å². The van der Waals surface area contributed by atoms with E-state index < -0.39 is 0 Å². The fourth-order valence-corrected chi connectivity index (χ4v) is 1.87. The van der Waals surface area contributed by atoms with Gasteiger partial charge in [0.05, 0.1) is 5.56 Å². The van der Waals surface area contributed by atoms with Crippen LogP contribution in [0, 0.1) is 6.92 Å². The second-order valence-electron chi connectivity index (χ2n) is 3.90. The van der Waals surface area contributed by atoms with Gasteiger partial charge in [0.2, 0.25) is 0 Å². The molecule has 0 saturated heterocycles. The van der Waals surface area contributed by atoms with Gasteiger partial charge in [-0.15, -0.1) is 0 Å². The molecule has 0 atom stereocenters. The van der Waals surface area contributed by atoms with Crippen LogP contribution in [-0.2, 0) is 0 Å². The zero-order valence-corrected chi connectivity index (χ0v) is 9.23. The minimum absolute atomic E-state index is 0.0545. The average molecular weight is 226 g/mol. The Morgan fingerprint density at radius 1 is 1.47 bits per heavy atom. The van der Waals surface area contributed by atoms with Gasteiger partial charge in [-0.25, -0.2) is 0 Å². The molecule has 3 aromatic heterocycles. The molecular formula is C13H10N2O2. The Labute approximate surface area is 97.3 Å². The number of nitrogens with zero attached hydrogens (tertiary/aromatic N) is 1. The number of fused-ring (bicyclic) bond motifs is 1. The number of furan rings is 1. The lowest BCUT2D eigenvalue weighted by molar-refractivity contribution is 0.103. The van der Waals surface area contributed by atoms with Crippen molar-refractivity contribution in [3.8, 4) is 0 Å². The maximum atomic E-state index is 12.2. The zero-order valence-electron chi connectivity index (χ0n) is 9.23. The van der Waals surface area contributed by atoms with Gasteiger partial charge in [-0.2, -0.15) is 0 Å². The molecule has 0 aliphatic rings. The number of ketones is 1. The van der Waals surface area contributed by atoms with Crippen LogP contribution in [0.3, 0.4) is 0 Å². The molecule has 0 saturated carbocycles. The van der Waals surface area contributed by atoms with Crippen LogP contribution in [0.2, 0.25) is 0 Å². The molecule has 0 aliphatic carbocycles. The van der Waals surface area contributed by atoms with E-state index in [0.29, 0.717) is 11.1 Å². The summed E-state index contributed by atoms with van der Waals surface area (Å²) in [5, 5.41) is 0.830. The number of aromatic amines is 1. The van der Waals surface area contributed by atoms with Crippen molar-refractivity contribution in [1.82, 2.24) is 9.97 Å². The average Bonchev–Trinajstić information content (AvgIpc) is 2.94. The molecule has 3 heterocycles. The molecule has 0 bridgehead atoms. The molecule has 4 nitrogen and oxygen atoms in total. The van der Waals surface area contributed by atoms with E-state index in [4.69, 9.17) is 4.42 Å². The number of aryl methyl sites for hydroxylation is 1. The minimum Gasteiger partial charge on any atom is -0.469 e. The van der Waals surface area contributed by atoms with Crippen molar-refractivity contribution in [2.45, 2.75) is 6.92 Å². The molecule has 0 spiro atoms. The van der Waals surface area contributed by atoms with Gasteiger partial charge >= 0.3 is 0 Å². The fraction of sp³-hybridized carbons (Fsp3) is 0.0769. The smallest absolute Gasteiger partial charge is 0.198 e. The highest BCUT2D eigenvalue weighted by Gasteiger charge is 2.15. The van der Waals surface area contributed by atoms with Crippen LogP contribution in [0.15, 0.2) is 41.4 Å². The Bertz CT molecular complexity index is 694. The summed E-state index contributed by atoms with van der Waals surface area (Å²) >= 11 is 0. The van der Waals surface area contributed by atoms with Crippen molar-refractivity contribution in [3.05, 3.63) is 53.9 Å². The molecule has 0 fully saturated rings. The van der Waals surface area contributed by atoms with E-state index in [2.05, 4.69) is 9.97 Å². The molecule has 0 aromatic carbocycles. The van der Waals surface area contributed by atoms with Crippen LogP contribution in [0.25, 0.3) is 10.9 Å². The van der Waals surface area contributed by atoms with E-state index in [0.717, 1.165) is 16.7 Å². The van der Waals surface area contributed by atoms with E-state index in [9.17, 15) is 4.79 Å². The van der Waals surface area contributed by atoms with Crippen LogP contribution >= 0.6 is 0 Å². The summed E-state index contributed by atoms with van der Waals surface area (Å²) in [5.74, 6) is 0.674. The summed E-state index contributed by atoms with van der Waals surface area (Å²) in [5.41, 5.74) is 2.09. The van der Waals surface area contributed by atoms with Crippen LogP contribution < -0.4 is 0 Å². The van der Waals surface area contributed by atoms with E-state index in [1.807, 2.05) is 13.0 Å². The highest BCUT2D eigenvalue weighted by Crippen LogP contribution is 2.20. The van der Waals surface area contributed by atoms with Gasteiger partial charge < -0.3 is 9.40 Å². The topological polar surface area (TPSA) is 58.9 Å². The molecule has 84 valence electrons. The lowest BCUT2D eigenvalue weighted by Gasteiger charge is -1.94. The molecule has 0 unspecified atom stereocenters. The molecule has 17 heavy (non-hydrogen) atoms. The monoisotopic (exact) mass is 226 g/mol. The van der Waals surface area contributed by atoms with Crippen LogP contribution in [0.1, 0.15) is 21.7 Å². The first-order valence-electron chi connectivity index (χ1n) is 5.26. The zero-order chi connectivity index (χ0) is 11.8. The van der Waals surface area contributed by atoms with E-state index in [1.54, 1.807) is 24.7 Å². The van der Waals surface area contributed by atoms with E-state index in [-0.39, 0.29) is 5.78 Å². The number of nitrogens with one attached hydrogen (secondary N) is 1. The number of hydrogen-bond donors (Lipinski definition) is 1. The largest absolute Gasteiger partial charge is 0.469 e. The molecule has 0 aliphatic heterocycles. The summed E-state index contributed by atoms with van der Waals surface area (Å²) in [6, 6.07) is 3.57. The number of aromatic nitrogens is 2. The number of H-pyrrole nitrogens is 1. The number of carbonyl (C=O) groups excluding carboxylic acids is 1. The summed E-state index contributed by atoms with van der Waals surface area (Å²) < 4.78 is 5.15. The molecule has 0 amide bonds. The van der Waals surface area contributed by atoms with Gasteiger partial charge in [-0.1, -0.05) is 0 Å². The van der Waals surface area contributed by atoms with E-state index in [1.165, 1.54) is 6.26 Å². The number of hydrogen-bond acceptors (Lipinski definition) is 3. The Balaban J connectivity index is 2.13. The van der Waals surface area contributed by atoms with Crippen molar-refractivity contribution < 1.29 is 9.21 Å². The highest BCUT2D eigenvalue weighted by molar-refractivity contribution is 6.16. The molecule has 4 heteroatoms. The first-order valence-corrected chi connectivity index (χ1v) is 5.26. The van der Waals surface area contributed by atoms with Crippen LogP contribution in [0.5, 0.6) is 0 Å². The van der Waals surface area contributed by atoms with Gasteiger partial charge in [-0.05, 0) is 19.1 Å². The first kappa shape index (κ1) is 9.84. The lowest BCUT2D eigenvalue weighted by atomic mass is 10.1. The molecule has 3 aromatic rings. The maximum absolute atomic E-state index is 12.2. The molecular weight excluding hydrogens is 216 g/mol. The van der Waals surface area contributed by atoms with Crippen LogP contribution in [0.4, 0.5) is 0 Å². The lowest BCUT2D eigenvalue weighted by Crippen LogP contribution is -1.98. The van der Waals surface area contributed by atoms with Gasteiger partial charge in [0.15, 0.2) is 5.78 Å². The summed E-state index contributed by atoms with van der Waals surface area (Å²) in [6.45, 7) is 1.81. The Hall–Kier alpha value is -2.36. The second kappa shape index (κ2) is 3.59. The van der Waals surface area contributed by atoms with Gasteiger partial charge in [-0.3, -0.25) is 9.78 Å². The number of pyridine rings is 1. The Morgan fingerprint density at radius 2 is 2.35 bits per heavy atom. The third kappa shape index (κ3) is 1.54. The second-order valence-corrected chi connectivity index (χ2v) is 3.90. The standard InChI is InChI=1S/C13H10N2O2/c1-8-4-9(7-17-8)13(16)11-6-15-12-2-3-14-5-10(11)12/h2-7,15H,1H3. The minimum atomic E-state index is -0.0545. The van der Waals surface area contributed by atoms with Crippen molar-refractivity contribution in [1.29, 1.82) is 0 Å². The maximum Gasteiger partial charge on any atom is 0.198 e. The third-order valence-electron chi connectivity index (χ3n) is 2.72. The summed E-state index contributed by atoms with van der Waals surface area (Å²) in [6.07, 6.45) is 6.56. The number of rotatable bonds is 2. The normalized spacial score (nSPS) is 10.9. The fourth-order valence-electron chi connectivity index (χ4n) is 1.87. The SMILES string of the molecule is Cc1cc(C(=O)c2c[nH]c3ccncc23)co1. The Morgan fingerprint density at radius 3 is 3.12 bits per heavy atom. The Kier molecular flexibility index (Phi) is 2.08. The van der Waals surface area contributed by atoms with Crippen molar-refractivity contribution >= 4 is 16.7 Å². The predicted molar refractivity (Wildman–Crippen MR) is 63.0 cm³/mol. The van der Waals surface area contributed by atoms with Crippen molar-refractivity contribution in [2.75, 3.05) is 0 Å². The summed E-state index contributed by atoms with van der Waals surface area (Å²) in [4.78, 5) is 19.3.